The van der Waals surface area contributed by atoms with Crippen LogP contribution in [0.5, 0.6) is 11.5 Å². The first-order valence-electron chi connectivity index (χ1n) is 9.95. The molecule has 7 nitrogen and oxygen atoms in total. The molecule has 4 rings (SSSR count). The number of rotatable bonds is 3. The lowest BCUT2D eigenvalue weighted by Crippen LogP contribution is -2.49. The number of nitrogens with zero attached hydrogens (tertiary/aromatic N) is 1. The maximum absolute atomic E-state index is 15.2. The molecule has 1 aliphatic carbocycles. The topological polar surface area (TPSA) is 77.5 Å². The van der Waals surface area contributed by atoms with E-state index in [0.717, 1.165) is 6.42 Å². The average molecular weight is 407 g/mol. The zero-order chi connectivity index (χ0) is 21.1. The summed E-state index contributed by atoms with van der Waals surface area (Å²) in [7, 11) is 0.459. The smallest absolute Gasteiger partial charge is 0.494 e. The number of aliphatic hydroxyl groups excluding tert-OH is 1. The van der Waals surface area contributed by atoms with Gasteiger partial charge in [-0.15, -0.1) is 0 Å². The van der Waals surface area contributed by atoms with Crippen molar-refractivity contribution in [2.75, 3.05) is 13.8 Å². The van der Waals surface area contributed by atoms with Crippen LogP contribution >= 0.6 is 0 Å². The number of methoxy groups -OCH3 is 1. The fourth-order valence-corrected chi connectivity index (χ4v) is 4.17. The van der Waals surface area contributed by atoms with Crippen LogP contribution in [0.2, 0.25) is 0 Å². The van der Waals surface area contributed by atoms with Gasteiger partial charge in [0.15, 0.2) is 18.2 Å². The second-order valence-corrected chi connectivity index (χ2v) is 8.89. The Bertz CT molecular complexity index is 829. The summed E-state index contributed by atoms with van der Waals surface area (Å²) in [6, 6.07) is 1.19. The lowest BCUT2D eigenvalue weighted by molar-refractivity contribution is 0.00578. The van der Waals surface area contributed by atoms with Crippen molar-refractivity contribution in [3.8, 4) is 11.5 Å². The zero-order valence-corrected chi connectivity index (χ0v) is 17.5. The number of fused-ring (bicyclic) bond motifs is 1. The molecule has 1 aromatic rings. The monoisotopic (exact) mass is 407 g/mol. The fraction of sp³-hybridized carbons (Fsp3) is 0.650. The molecule has 1 amide bonds. The highest BCUT2D eigenvalue weighted by molar-refractivity contribution is 6.63. The second kappa shape index (κ2) is 6.85. The van der Waals surface area contributed by atoms with Gasteiger partial charge in [-0.1, -0.05) is 0 Å². The molecular formula is C20H27BFNO6. The molecule has 2 aliphatic heterocycles. The normalized spacial score (nSPS) is 27.8. The molecule has 2 heterocycles. The van der Waals surface area contributed by atoms with Crippen LogP contribution < -0.4 is 14.9 Å². The first-order chi connectivity index (χ1) is 13.6. The van der Waals surface area contributed by atoms with E-state index in [9.17, 15) is 9.90 Å². The van der Waals surface area contributed by atoms with Crippen molar-refractivity contribution in [3.63, 3.8) is 0 Å². The van der Waals surface area contributed by atoms with Gasteiger partial charge in [-0.2, -0.15) is 4.39 Å². The van der Waals surface area contributed by atoms with E-state index in [0.29, 0.717) is 18.3 Å². The number of aliphatic hydroxyl groups is 1. The molecule has 2 fully saturated rings. The van der Waals surface area contributed by atoms with E-state index in [-0.39, 0.29) is 35.7 Å². The SMILES string of the molecule is COc1c(B2OC(C)(C)C(C)(C)O2)cc2c(c1F)OCN([C@@H]1CCC[C@H]1O)C2=O. The lowest BCUT2D eigenvalue weighted by Gasteiger charge is -2.35. The minimum atomic E-state index is -0.894. The van der Waals surface area contributed by atoms with Gasteiger partial charge >= 0.3 is 7.12 Å². The molecule has 0 spiro atoms. The van der Waals surface area contributed by atoms with Crippen molar-refractivity contribution in [2.24, 2.45) is 0 Å². The first-order valence-corrected chi connectivity index (χ1v) is 9.95. The number of carbonyl (C=O) groups excluding carboxylic acids is 1. The summed E-state index contributed by atoms with van der Waals surface area (Å²) in [6.07, 6.45) is 1.56. The van der Waals surface area contributed by atoms with Gasteiger partial charge in [0.05, 0.1) is 36.0 Å². The quantitative estimate of drug-likeness (QED) is 0.771. The number of amides is 1. The summed E-state index contributed by atoms with van der Waals surface area (Å²) in [5, 5.41) is 10.2. The Kier molecular flexibility index (Phi) is 4.83. The van der Waals surface area contributed by atoms with E-state index in [2.05, 4.69) is 0 Å². The largest absolute Gasteiger partial charge is 0.498 e. The Morgan fingerprint density at radius 3 is 2.45 bits per heavy atom. The highest BCUT2D eigenvalue weighted by atomic mass is 19.1. The van der Waals surface area contributed by atoms with Crippen molar-refractivity contribution in [1.29, 1.82) is 0 Å². The predicted molar refractivity (Wildman–Crippen MR) is 104 cm³/mol. The highest BCUT2D eigenvalue weighted by Crippen LogP contribution is 2.40. The van der Waals surface area contributed by atoms with E-state index in [1.165, 1.54) is 18.1 Å². The summed E-state index contributed by atoms with van der Waals surface area (Å²) in [5.74, 6) is -1.34. The van der Waals surface area contributed by atoms with Gasteiger partial charge in [-0.05, 0) is 53.0 Å². The van der Waals surface area contributed by atoms with E-state index in [1.807, 2.05) is 27.7 Å². The molecular weight excluding hydrogens is 380 g/mol. The highest BCUT2D eigenvalue weighted by Gasteiger charge is 2.53. The third kappa shape index (κ3) is 3.10. The average Bonchev–Trinajstić information content (AvgIpc) is 3.15. The Balaban J connectivity index is 1.75. The maximum atomic E-state index is 15.2. The molecule has 0 radical (unpaired) electrons. The molecule has 0 unspecified atom stereocenters. The molecule has 0 aromatic heterocycles. The van der Waals surface area contributed by atoms with Crippen LogP contribution in [0.3, 0.4) is 0 Å². The Morgan fingerprint density at radius 2 is 1.90 bits per heavy atom. The van der Waals surface area contributed by atoms with E-state index in [1.54, 1.807) is 0 Å². The van der Waals surface area contributed by atoms with Crippen LogP contribution in [0.4, 0.5) is 4.39 Å². The number of hydrogen-bond acceptors (Lipinski definition) is 6. The van der Waals surface area contributed by atoms with Crippen molar-refractivity contribution in [3.05, 3.63) is 17.4 Å². The van der Waals surface area contributed by atoms with Gasteiger partial charge in [0.2, 0.25) is 5.82 Å². The molecule has 0 bridgehead atoms. The van der Waals surface area contributed by atoms with Crippen molar-refractivity contribution < 1.29 is 33.1 Å². The zero-order valence-electron chi connectivity index (χ0n) is 17.5. The third-order valence-corrected chi connectivity index (χ3v) is 6.60. The number of benzene rings is 1. The number of ether oxygens (including phenoxy) is 2. The van der Waals surface area contributed by atoms with Crippen LogP contribution in [-0.2, 0) is 9.31 Å². The molecule has 2 atom stereocenters. The van der Waals surface area contributed by atoms with Gasteiger partial charge in [-0.25, -0.2) is 0 Å². The molecule has 1 N–H and O–H groups in total. The fourth-order valence-electron chi connectivity index (χ4n) is 4.17. The van der Waals surface area contributed by atoms with Crippen LogP contribution in [0, 0.1) is 5.82 Å². The van der Waals surface area contributed by atoms with Gasteiger partial charge < -0.3 is 23.9 Å². The molecule has 3 aliphatic rings. The summed E-state index contributed by atoms with van der Waals surface area (Å²) in [4.78, 5) is 14.6. The third-order valence-electron chi connectivity index (χ3n) is 6.60. The second-order valence-electron chi connectivity index (χ2n) is 8.89. The van der Waals surface area contributed by atoms with Crippen molar-refractivity contribution in [1.82, 2.24) is 4.90 Å². The molecule has 1 aromatic carbocycles. The molecule has 158 valence electrons. The van der Waals surface area contributed by atoms with Crippen molar-refractivity contribution in [2.45, 2.75) is 70.3 Å². The van der Waals surface area contributed by atoms with Crippen LogP contribution in [-0.4, -0.2) is 60.2 Å². The standard InChI is InChI=1S/C20H27BFNO6/c1-19(2)20(3,4)29-21(28-19)12-9-11-16(15(22)17(12)26-5)27-10-23(18(11)25)13-7-6-8-14(13)24/h9,13-14,24H,6-8,10H2,1-5H3/t13-,14-/m1/s1. The van der Waals surface area contributed by atoms with Gasteiger partial charge in [-0.3, -0.25) is 9.69 Å². The molecule has 1 saturated carbocycles. The molecule has 29 heavy (non-hydrogen) atoms. The summed E-state index contributed by atoms with van der Waals surface area (Å²) in [5.41, 5.74) is -0.878. The van der Waals surface area contributed by atoms with Gasteiger partial charge in [0.1, 0.15) is 0 Å². The van der Waals surface area contributed by atoms with Crippen LogP contribution in [0.1, 0.15) is 57.3 Å². The summed E-state index contributed by atoms with van der Waals surface area (Å²) >= 11 is 0. The lowest BCUT2D eigenvalue weighted by atomic mass is 9.77. The first kappa shape index (κ1) is 20.4. The summed E-state index contributed by atoms with van der Waals surface area (Å²) in [6.45, 7) is 7.47. The Labute approximate surface area is 170 Å². The Morgan fingerprint density at radius 1 is 1.24 bits per heavy atom. The van der Waals surface area contributed by atoms with E-state index >= 15 is 4.39 Å². The van der Waals surface area contributed by atoms with Crippen LogP contribution in [0.15, 0.2) is 6.07 Å². The van der Waals surface area contributed by atoms with Crippen molar-refractivity contribution >= 4 is 18.5 Å². The molecule has 1 saturated heterocycles. The predicted octanol–water partition coefficient (Wildman–Crippen LogP) is 1.84. The van der Waals surface area contributed by atoms with E-state index in [4.69, 9.17) is 18.8 Å². The number of hydrogen-bond donors (Lipinski definition) is 1. The van der Waals surface area contributed by atoms with Gasteiger partial charge in [0.25, 0.3) is 5.91 Å². The maximum Gasteiger partial charge on any atom is 0.498 e. The number of halogens is 1. The Hall–Kier alpha value is -1.84. The molecule has 9 heteroatoms. The van der Waals surface area contributed by atoms with E-state index < -0.39 is 30.2 Å². The van der Waals surface area contributed by atoms with Crippen LogP contribution in [0.25, 0.3) is 0 Å². The van der Waals surface area contributed by atoms with Gasteiger partial charge in [0, 0.05) is 5.46 Å². The minimum Gasteiger partial charge on any atom is -0.494 e. The minimum absolute atomic E-state index is 0.0654. The summed E-state index contributed by atoms with van der Waals surface area (Å²) < 4.78 is 38.2. The number of carbonyl (C=O) groups is 1.